The number of piperidine rings is 1. The molecule has 20 nitrogen and oxygen atoms in total. The normalized spacial score (nSPS) is 17.6. The van der Waals surface area contributed by atoms with Crippen molar-refractivity contribution in [3.63, 3.8) is 0 Å². The fourth-order valence-corrected chi connectivity index (χ4v) is 14.2. The van der Waals surface area contributed by atoms with Crippen LogP contribution in [0.4, 0.5) is 19.8 Å². The summed E-state index contributed by atoms with van der Waals surface area (Å²) in [4.78, 5) is 49.6. The molecule has 10 aromatic heterocycles. The van der Waals surface area contributed by atoms with E-state index in [1.54, 1.807) is 45.7 Å². The number of nitrogens with one attached hydrogen (secondary N) is 3. The van der Waals surface area contributed by atoms with E-state index in [0.29, 0.717) is 57.5 Å². The van der Waals surface area contributed by atoms with Gasteiger partial charge in [-0.1, -0.05) is 40.1 Å². The minimum absolute atomic E-state index is 0.319. The molecule has 2 aromatic carbocycles. The highest BCUT2D eigenvalue weighted by Crippen LogP contribution is 2.37. The molecule has 12 aromatic rings. The van der Waals surface area contributed by atoms with Gasteiger partial charge in [0.15, 0.2) is 53.5 Å². The molecule has 2 unspecified atom stereocenters. The molecule has 3 aliphatic heterocycles. The number of piperazine rings is 2. The number of fused-ring (bicyclic) bond motifs is 6. The van der Waals surface area contributed by atoms with Crippen molar-refractivity contribution in [2.75, 3.05) is 74.1 Å². The second kappa shape index (κ2) is 22.5. The summed E-state index contributed by atoms with van der Waals surface area (Å²) in [5.41, 5.74) is 13.1. The first-order valence-corrected chi connectivity index (χ1v) is 30.3. The van der Waals surface area contributed by atoms with E-state index in [2.05, 4.69) is 141 Å². The molecule has 0 saturated carbocycles. The molecule has 0 spiro atoms. The van der Waals surface area contributed by atoms with E-state index in [1.807, 2.05) is 54.6 Å². The van der Waals surface area contributed by atoms with Crippen LogP contribution in [0.3, 0.4) is 0 Å². The third kappa shape index (κ3) is 11.1. The maximum Gasteiger partial charge on any atom is 0.191 e. The Morgan fingerprint density at radius 3 is 1.86 bits per heavy atom. The van der Waals surface area contributed by atoms with Gasteiger partial charge in [0.25, 0.3) is 0 Å². The molecule has 15 rings (SSSR count). The summed E-state index contributed by atoms with van der Waals surface area (Å²) in [6, 6.07) is 18.2. The van der Waals surface area contributed by atoms with Gasteiger partial charge >= 0.3 is 0 Å². The molecule has 83 heavy (non-hydrogen) atoms. The third-order valence-electron chi connectivity index (χ3n) is 15.3. The number of rotatable bonds is 7. The van der Waals surface area contributed by atoms with E-state index in [-0.39, 0.29) is 5.82 Å². The molecule has 3 aliphatic rings. The number of nitrogens with zero attached hydrogens (tertiary/aromatic N) is 17. The number of aryl methyl sites for hydroxylation is 4. The Bertz CT molecular complexity index is 4410. The number of hydrogen-bond acceptors (Lipinski definition) is 20. The first-order valence-electron chi connectivity index (χ1n) is 27.8. The lowest BCUT2D eigenvalue weighted by molar-refractivity contribution is 0.311. The van der Waals surface area contributed by atoms with Gasteiger partial charge < -0.3 is 39.5 Å². The number of aromatic nitrogens is 13. The van der Waals surface area contributed by atoms with Crippen molar-refractivity contribution < 1.29 is 4.39 Å². The topological polar surface area (TPSA) is 212 Å². The van der Waals surface area contributed by atoms with Crippen LogP contribution in [-0.2, 0) is 7.05 Å². The monoisotopic (exact) mass is 1160 g/mol. The Kier molecular flexibility index (Phi) is 14.7. The fourth-order valence-electron chi connectivity index (χ4n) is 11.3. The second-order valence-electron chi connectivity index (χ2n) is 21.7. The molecule has 0 bridgehead atoms. The van der Waals surface area contributed by atoms with Crippen LogP contribution in [0.25, 0.3) is 87.0 Å². The molecule has 0 aliphatic carbocycles. The molecule has 3 saturated heterocycles. The van der Waals surface area contributed by atoms with Gasteiger partial charge in [0, 0.05) is 132 Å². The summed E-state index contributed by atoms with van der Waals surface area (Å²) in [5, 5.41) is 28.6. The van der Waals surface area contributed by atoms with Crippen LogP contribution in [0, 0.1) is 37.9 Å². The van der Waals surface area contributed by atoms with Crippen molar-refractivity contribution in [3.8, 4) is 39.7 Å². The zero-order valence-corrected chi connectivity index (χ0v) is 49.5. The number of thiazole rings is 3. The third-order valence-corrected chi connectivity index (χ3v) is 18.4. The highest BCUT2D eigenvalue weighted by atomic mass is 32.1. The number of anilines is 3. The van der Waals surface area contributed by atoms with Crippen molar-refractivity contribution in [3.05, 3.63) is 114 Å². The van der Waals surface area contributed by atoms with Crippen LogP contribution in [0.1, 0.15) is 49.2 Å². The SMILES string of the molecule is Cc1cc(-c2ccc3nc(N(C)C4CC(C)NC(C)C4)sc3c2)cc2cn(C)nc12.Cc1cn2cc(-c3cnc4nc(N5CCNCC5)sc4n3)cc(C#N)c2n1.Cc1cn2cc(-c3cnc4nc(N5CCNCC5)sc4n3)cc(F)c2n1. The average Bonchev–Trinajstić information content (AvgIpc) is 4.57. The number of nitriles is 1. The molecule has 3 N–H and O–H groups in total. The van der Waals surface area contributed by atoms with Crippen LogP contribution in [0.2, 0.25) is 0 Å². The Morgan fingerprint density at radius 1 is 0.651 bits per heavy atom. The summed E-state index contributed by atoms with van der Waals surface area (Å²) in [5.74, 6) is -0.372. The average molecular weight is 1170 g/mol. The summed E-state index contributed by atoms with van der Waals surface area (Å²) in [6.45, 7) is 18.0. The zero-order valence-electron chi connectivity index (χ0n) is 47.1. The van der Waals surface area contributed by atoms with E-state index in [0.717, 1.165) is 124 Å². The van der Waals surface area contributed by atoms with Crippen molar-refractivity contribution in [2.45, 2.75) is 65.6 Å². The quantitative estimate of drug-likeness (QED) is 0.136. The van der Waals surface area contributed by atoms with Gasteiger partial charge in [0.05, 0.1) is 56.5 Å². The molecular formula is C59H61FN20S3. The lowest BCUT2D eigenvalue weighted by Crippen LogP contribution is -2.49. The van der Waals surface area contributed by atoms with Crippen LogP contribution >= 0.6 is 34.0 Å². The molecule has 422 valence electrons. The van der Waals surface area contributed by atoms with Crippen molar-refractivity contribution >= 4 is 103 Å². The lowest BCUT2D eigenvalue weighted by atomic mass is 9.95. The van der Waals surface area contributed by atoms with Gasteiger partial charge in [0.2, 0.25) is 0 Å². The lowest BCUT2D eigenvalue weighted by Gasteiger charge is -2.38. The molecule has 0 amide bonds. The summed E-state index contributed by atoms with van der Waals surface area (Å²) in [7, 11) is 4.18. The van der Waals surface area contributed by atoms with Crippen molar-refractivity contribution in [1.82, 2.24) is 79.4 Å². The Hall–Kier alpha value is -8.18. The first-order chi connectivity index (χ1) is 40.2. The molecule has 24 heteroatoms. The minimum atomic E-state index is -0.372. The summed E-state index contributed by atoms with van der Waals surface area (Å²) >= 11 is 4.88. The van der Waals surface area contributed by atoms with E-state index >= 15 is 0 Å². The molecule has 2 atom stereocenters. The number of halogens is 1. The number of pyridine rings is 2. The number of imidazole rings is 2. The standard InChI is InChI=1S/C24H29N5S.C18H16N8S.C17H16FN7S/c1-14-8-18(11-19-13-28(4)27-23(14)19)17-6-7-21-22(12-17)30-24(26-21)29(5)20-9-15(2)25-16(3)10-20;1-11-9-26-10-13(6-12(7-19)16(26)22-11)14-8-21-15-17(23-14)27-18(24-15)25-4-2-20-3-5-25;1-10-8-25-9-11(6-12(18)15(25)21-10)13-7-20-14-16(22-13)26-17(23-14)24-4-2-19-3-5-24/h6-8,11-13,15-16,20,25H,9-10H2,1-5H3;6,8-10,20H,2-5H2,1H3;6-9,19H,2-5H2,1H3. The van der Waals surface area contributed by atoms with Crippen LogP contribution < -0.4 is 30.7 Å². The molecule has 0 radical (unpaired) electrons. The van der Waals surface area contributed by atoms with Crippen molar-refractivity contribution in [1.29, 1.82) is 5.26 Å². The van der Waals surface area contributed by atoms with Crippen LogP contribution in [-0.4, -0.2) is 141 Å². The first kappa shape index (κ1) is 54.1. The van der Waals surface area contributed by atoms with Crippen molar-refractivity contribution in [2.24, 2.45) is 7.05 Å². The fraction of sp³-hybridized carbons (Fsp3) is 0.339. The smallest absolute Gasteiger partial charge is 0.191 e. The highest BCUT2D eigenvalue weighted by molar-refractivity contribution is 7.22. The number of hydrogen-bond donors (Lipinski definition) is 3. The Labute approximate surface area is 489 Å². The largest absolute Gasteiger partial charge is 0.348 e. The maximum absolute atomic E-state index is 14.4. The number of benzene rings is 2. The van der Waals surface area contributed by atoms with E-state index in [9.17, 15) is 9.65 Å². The molecule has 13 heterocycles. The summed E-state index contributed by atoms with van der Waals surface area (Å²) in [6.07, 6.45) is 15.2. The second-order valence-corrected chi connectivity index (χ2v) is 24.6. The van der Waals surface area contributed by atoms with Gasteiger partial charge in [-0.2, -0.15) is 20.3 Å². The van der Waals surface area contributed by atoms with Gasteiger partial charge in [0.1, 0.15) is 6.07 Å². The minimum Gasteiger partial charge on any atom is -0.348 e. The van der Waals surface area contributed by atoms with Crippen LogP contribution in [0.15, 0.2) is 85.8 Å². The molecular weight excluding hydrogens is 1100 g/mol. The Balaban J connectivity index is 0.000000117. The zero-order chi connectivity index (χ0) is 57.0. The Morgan fingerprint density at radius 2 is 1.24 bits per heavy atom. The van der Waals surface area contributed by atoms with Crippen LogP contribution in [0.5, 0.6) is 0 Å². The summed E-state index contributed by atoms with van der Waals surface area (Å²) < 4.78 is 21.0. The van der Waals surface area contributed by atoms with E-state index < -0.39 is 0 Å². The highest BCUT2D eigenvalue weighted by Gasteiger charge is 2.28. The predicted octanol–water partition coefficient (Wildman–Crippen LogP) is 9.37. The maximum atomic E-state index is 14.4. The van der Waals surface area contributed by atoms with Gasteiger partial charge in [-0.15, -0.1) is 0 Å². The van der Waals surface area contributed by atoms with E-state index in [1.165, 1.54) is 44.2 Å². The van der Waals surface area contributed by atoms with E-state index in [4.69, 9.17) is 9.97 Å². The van der Waals surface area contributed by atoms with Gasteiger partial charge in [-0.25, -0.2) is 39.3 Å². The predicted molar refractivity (Wildman–Crippen MR) is 331 cm³/mol. The van der Waals surface area contributed by atoms with Gasteiger partial charge in [-0.05, 0) is 101 Å². The molecule has 3 fully saturated rings. The van der Waals surface area contributed by atoms with Gasteiger partial charge in [-0.3, -0.25) is 4.68 Å².